The van der Waals surface area contributed by atoms with E-state index in [2.05, 4.69) is 15.4 Å². The van der Waals surface area contributed by atoms with E-state index in [1.54, 1.807) is 16.8 Å². The number of aryl methyl sites for hydroxylation is 1. The molecule has 4 rings (SSSR count). The van der Waals surface area contributed by atoms with Crippen LogP contribution >= 0.6 is 0 Å². The molecule has 0 radical (unpaired) electrons. The summed E-state index contributed by atoms with van der Waals surface area (Å²) in [7, 11) is 1.85. The summed E-state index contributed by atoms with van der Waals surface area (Å²) in [5.41, 5.74) is 0.561. The molecule has 2 aromatic carbocycles. The predicted molar refractivity (Wildman–Crippen MR) is 96.9 cm³/mol. The molecule has 1 aliphatic rings. The Kier molecular flexibility index (Phi) is 4.39. The number of benzene rings is 2. The second-order valence-electron chi connectivity index (χ2n) is 6.47. The van der Waals surface area contributed by atoms with Gasteiger partial charge in [-0.25, -0.2) is 4.98 Å². The Morgan fingerprint density at radius 2 is 1.92 bits per heavy atom. The summed E-state index contributed by atoms with van der Waals surface area (Å²) < 4.78 is 7.54. The zero-order valence-electron chi connectivity index (χ0n) is 14.5. The van der Waals surface area contributed by atoms with E-state index in [1.165, 1.54) is 6.33 Å². The van der Waals surface area contributed by atoms with Gasteiger partial charge < -0.3 is 10.1 Å². The highest BCUT2D eigenvalue weighted by atomic mass is 16.5. The van der Waals surface area contributed by atoms with Gasteiger partial charge in [-0.1, -0.05) is 24.3 Å². The number of carbonyl (C=O) groups excluding carboxylic acids is 1. The number of carbonyl (C=O) groups is 1. The minimum absolute atomic E-state index is 0.117. The Bertz CT molecular complexity index is 903. The van der Waals surface area contributed by atoms with E-state index in [4.69, 9.17) is 4.74 Å². The molecule has 3 aromatic rings. The number of ether oxygens (including phenoxy) is 1. The number of hydrogen-bond acceptors (Lipinski definition) is 4. The normalized spacial score (nSPS) is 14.7. The fourth-order valence-corrected chi connectivity index (χ4v) is 2.96. The summed E-state index contributed by atoms with van der Waals surface area (Å²) >= 11 is 0. The Labute approximate surface area is 151 Å². The SMILES string of the molecule is Cn1ncnc1[C@H](NC(=O)c1cccc(Oc2ccccc2)c1)C1CC1. The third kappa shape index (κ3) is 3.59. The lowest BCUT2D eigenvalue weighted by Crippen LogP contribution is -2.31. The highest BCUT2D eigenvalue weighted by Gasteiger charge is 2.36. The molecule has 0 unspecified atom stereocenters. The first-order chi connectivity index (χ1) is 12.7. The molecule has 132 valence electrons. The Morgan fingerprint density at radius 3 is 2.62 bits per heavy atom. The number of para-hydroxylation sites is 1. The standard InChI is InChI=1S/C20H20N4O2/c1-24-19(21-13-22-24)18(14-10-11-14)23-20(25)15-6-5-9-17(12-15)26-16-7-3-2-4-8-16/h2-9,12-14,18H,10-11H2,1H3,(H,23,25)/t18-/m1/s1. The maximum atomic E-state index is 12.8. The van der Waals surface area contributed by atoms with E-state index < -0.39 is 0 Å². The third-order valence-electron chi connectivity index (χ3n) is 4.48. The van der Waals surface area contributed by atoms with Crippen molar-refractivity contribution in [2.45, 2.75) is 18.9 Å². The summed E-state index contributed by atoms with van der Waals surface area (Å²) in [6.45, 7) is 0. The van der Waals surface area contributed by atoms with Crippen molar-refractivity contribution >= 4 is 5.91 Å². The smallest absolute Gasteiger partial charge is 0.252 e. The second-order valence-corrected chi connectivity index (χ2v) is 6.47. The van der Waals surface area contributed by atoms with E-state index in [9.17, 15) is 4.79 Å². The zero-order chi connectivity index (χ0) is 17.9. The number of aromatic nitrogens is 3. The molecule has 0 spiro atoms. The lowest BCUT2D eigenvalue weighted by Gasteiger charge is -2.17. The zero-order valence-corrected chi connectivity index (χ0v) is 14.5. The molecule has 1 saturated carbocycles. The van der Waals surface area contributed by atoms with Crippen LogP contribution in [0.5, 0.6) is 11.5 Å². The maximum Gasteiger partial charge on any atom is 0.252 e. The van der Waals surface area contributed by atoms with Crippen LogP contribution in [0.15, 0.2) is 60.9 Å². The average Bonchev–Trinajstić information content (AvgIpc) is 3.42. The quantitative estimate of drug-likeness (QED) is 0.740. The first kappa shape index (κ1) is 16.3. The van der Waals surface area contributed by atoms with Crippen molar-refractivity contribution in [3.63, 3.8) is 0 Å². The second kappa shape index (κ2) is 7.00. The number of nitrogens with one attached hydrogen (secondary N) is 1. The molecule has 0 aliphatic heterocycles. The van der Waals surface area contributed by atoms with Gasteiger partial charge in [0.2, 0.25) is 0 Å². The molecular formula is C20H20N4O2. The minimum atomic E-state index is -0.136. The summed E-state index contributed by atoms with van der Waals surface area (Å²) in [6.07, 6.45) is 3.70. The number of rotatable bonds is 6. The largest absolute Gasteiger partial charge is 0.457 e. The summed E-state index contributed by atoms with van der Waals surface area (Å²) in [5.74, 6) is 2.44. The monoisotopic (exact) mass is 348 g/mol. The summed E-state index contributed by atoms with van der Waals surface area (Å²) in [5, 5.41) is 7.23. The van der Waals surface area contributed by atoms with Crippen molar-refractivity contribution in [3.05, 3.63) is 72.3 Å². The van der Waals surface area contributed by atoms with Crippen LogP contribution in [-0.2, 0) is 7.05 Å². The molecule has 1 amide bonds. The van der Waals surface area contributed by atoms with E-state index in [1.807, 2.05) is 49.5 Å². The molecule has 0 bridgehead atoms. The van der Waals surface area contributed by atoms with Gasteiger partial charge in [-0.3, -0.25) is 9.48 Å². The van der Waals surface area contributed by atoms with E-state index >= 15 is 0 Å². The summed E-state index contributed by atoms with van der Waals surface area (Å²) in [6, 6.07) is 16.6. The van der Waals surface area contributed by atoms with Crippen LogP contribution in [0.4, 0.5) is 0 Å². The first-order valence-corrected chi connectivity index (χ1v) is 8.68. The number of hydrogen-bond donors (Lipinski definition) is 1. The average molecular weight is 348 g/mol. The molecule has 26 heavy (non-hydrogen) atoms. The van der Waals surface area contributed by atoms with E-state index in [0.717, 1.165) is 24.4 Å². The third-order valence-corrected chi connectivity index (χ3v) is 4.48. The van der Waals surface area contributed by atoms with Crippen molar-refractivity contribution in [2.24, 2.45) is 13.0 Å². The van der Waals surface area contributed by atoms with Gasteiger partial charge in [-0.05, 0) is 49.1 Å². The lowest BCUT2D eigenvalue weighted by molar-refractivity contribution is 0.0928. The van der Waals surface area contributed by atoms with Gasteiger partial charge in [0.1, 0.15) is 23.7 Å². The Hall–Kier alpha value is -3.15. The van der Waals surface area contributed by atoms with Crippen LogP contribution in [0, 0.1) is 5.92 Å². The molecule has 1 heterocycles. The van der Waals surface area contributed by atoms with Gasteiger partial charge in [-0.2, -0.15) is 5.10 Å². The molecule has 6 heteroatoms. The lowest BCUT2D eigenvalue weighted by atomic mass is 10.1. The van der Waals surface area contributed by atoms with Gasteiger partial charge in [0.05, 0.1) is 6.04 Å². The van der Waals surface area contributed by atoms with Crippen LogP contribution in [0.3, 0.4) is 0 Å². The minimum Gasteiger partial charge on any atom is -0.457 e. The molecule has 1 N–H and O–H groups in total. The fraction of sp³-hybridized carbons (Fsp3) is 0.250. The van der Waals surface area contributed by atoms with Gasteiger partial charge in [0.15, 0.2) is 0 Å². The summed E-state index contributed by atoms with van der Waals surface area (Å²) in [4.78, 5) is 17.1. The predicted octanol–water partition coefficient (Wildman–Crippen LogP) is 3.49. The topological polar surface area (TPSA) is 69.0 Å². The van der Waals surface area contributed by atoms with Crippen molar-refractivity contribution in [1.82, 2.24) is 20.1 Å². The van der Waals surface area contributed by atoms with Crippen molar-refractivity contribution < 1.29 is 9.53 Å². The van der Waals surface area contributed by atoms with Gasteiger partial charge in [0.25, 0.3) is 5.91 Å². The maximum absolute atomic E-state index is 12.8. The molecule has 0 saturated heterocycles. The Morgan fingerprint density at radius 1 is 1.15 bits per heavy atom. The van der Waals surface area contributed by atoms with Crippen molar-refractivity contribution in [2.75, 3.05) is 0 Å². The van der Waals surface area contributed by atoms with E-state index in [0.29, 0.717) is 17.2 Å². The highest BCUT2D eigenvalue weighted by molar-refractivity contribution is 5.94. The van der Waals surface area contributed by atoms with Gasteiger partial charge in [-0.15, -0.1) is 0 Å². The molecule has 1 atom stereocenters. The van der Waals surface area contributed by atoms with Crippen LogP contribution in [0.25, 0.3) is 0 Å². The Balaban J connectivity index is 1.51. The van der Waals surface area contributed by atoms with Crippen LogP contribution < -0.4 is 10.1 Å². The molecule has 1 aromatic heterocycles. The van der Waals surface area contributed by atoms with E-state index in [-0.39, 0.29) is 11.9 Å². The van der Waals surface area contributed by atoms with Crippen LogP contribution in [0.2, 0.25) is 0 Å². The number of nitrogens with zero attached hydrogens (tertiary/aromatic N) is 3. The van der Waals surface area contributed by atoms with Crippen LogP contribution in [-0.4, -0.2) is 20.7 Å². The van der Waals surface area contributed by atoms with Crippen molar-refractivity contribution in [3.8, 4) is 11.5 Å². The molecule has 6 nitrogen and oxygen atoms in total. The van der Waals surface area contributed by atoms with Crippen LogP contribution in [0.1, 0.15) is 35.1 Å². The molecular weight excluding hydrogens is 328 g/mol. The van der Waals surface area contributed by atoms with Gasteiger partial charge in [0, 0.05) is 12.6 Å². The van der Waals surface area contributed by atoms with Crippen molar-refractivity contribution in [1.29, 1.82) is 0 Å². The highest BCUT2D eigenvalue weighted by Crippen LogP contribution is 2.40. The molecule has 1 aliphatic carbocycles. The first-order valence-electron chi connectivity index (χ1n) is 8.68. The number of amides is 1. The van der Waals surface area contributed by atoms with Gasteiger partial charge >= 0.3 is 0 Å². The molecule has 1 fully saturated rings. The fourth-order valence-electron chi connectivity index (χ4n) is 2.96.